The molecule has 0 radical (unpaired) electrons. The number of hydrogen-bond donors (Lipinski definition) is 1. The molecule has 0 saturated carbocycles. The molecule has 1 atom stereocenters. The number of amides is 1. The Morgan fingerprint density at radius 3 is 2.80 bits per heavy atom. The van der Waals surface area contributed by atoms with Crippen molar-refractivity contribution < 1.29 is 27.1 Å². The number of alkyl halides is 3. The van der Waals surface area contributed by atoms with Crippen LogP contribution in [0.2, 0.25) is 0 Å². The summed E-state index contributed by atoms with van der Waals surface area (Å²) < 4.78 is 57.6. The molecular weight excluding hydrogens is 402 g/mol. The third-order valence-electron chi connectivity index (χ3n) is 5.19. The van der Waals surface area contributed by atoms with Crippen molar-refractivity contribution in [1.82, 2.24) is 14.9 Å². The second kappa shape index (κ2) is 7.97. The van der Waals surface area contributed by atoms with Crippen LogP contribution in [0, 0.1) is 5.82 Å². The number of aromatic nitrogens is 2. The Morgan fingerprint density at radius 1 is 1.23 bits per heavy atom. The molecule has 0 unspecified atom stereocenters. The first kappa shape index (κ1) is 20.2. The van der Waals surface area contributed by atoms with Gasteiger partial charge in [0.1, 0.15) is 5.69 Å². The fourth-order valence-corrected chi connectivity index (χ4v) is 3.66. The number of carbonyl (C=O) groups excluding carboxylic acids is 1. The lowest BCUT2D eigenvalue weighted by atomic mass is 9.95. The molecule has 9 heteroatoms. The van der Waals surface area contributed by atoms with Crippen LogP contribution in [0.4, 0.5) is 17.6 Å². The van der Waals surface area contributed by atoms with Crippen LogP contribution in [0.5, 0.6) is 5.75 Å². The largest absolute Gasteiger partial charge is 0.481 e. The van der Waals surface area contributed by atoms with Crippen LogP contribution in [0.3, 0.4) is 0 Å². The number of carbonyl (C=O) groups is 1. The van der Waals surface area contributed by atoms with E-state index in [0.29, 0.717) is 18.6 Å². The lowest BCUT2D eigenvalue weighted by Gasteiger charge is -2.32. The zero-order valence-corrected chi connectivity index (χ0v) is 15.9. The molecule has 1 aliphatic heterocycles. The van der Waals surface area contributed by atoms with Crippen molar-refractivity contribution in [3.63, 3.8) is 0 Å². The van der Waals surface area contributed by atoms with E-state index in [1.807, 2.05) is 0 Å². The zero-order chi connectivity index (χ0) is 21.3. The molecule has 3 aromatic rings. The number of H-pyrrole nitrogens is 1. The predicted octanol–water partition coefficient (Wildman–Crippen LogP) is 4.51. The number of para-hydroxylation sites is 1. The average Bonchev–Trinajstić information content (AvgIpc) is 3.16. The van der Waals surface area contributed by atoms with Crippen molar-refractivity contribution in [3.05, 3.63) is 59.7 Å². The molecule has 1 aliphatic rings. The van der Waals surface area contributed by atoms with Crippen LogP contribution in [-0.2, 0) is 11.0 Å². The molecule has 0 bridgehead atoms. The summed E-state index contributed by atoms with van der Waals surface area (Å²) in [6, 6.07) is 9.78. The van der Waals surface area contributed by atoms with Crippen LogP contribution in [-0.4, -0.2) is 40.5 Å². The maximum Gasteiger partial charge on any atom is 0.433 e. The van der Waals surface area contributed by atoms with E-state index in [1.165, 1.54) is 24.3 Å². The number of likely N-dealkylation sites (tertiary alicyclic amines) is 1. The zero-order valence-electron chi connectivity index (χ0n) is 15.9. The predicted molar refractivity (Wildman–Crippen MR) is 102 cm³/mol. The first-order chi connectivity index (χ1) is 14.3. The van der Waals surface area contributed by atoms with Crippen molar-refractivity contribution in [2.75, 3.05) is 19.7 Å². The number of pyridine rings is 1. The molecule has 1 fully saturated rings. The maximum absolute atomic E-state index is 13.6. The van der Waals surface area contributed by atoms with Gasteiger partial charge in [-0.05, 0) is 43.2 Å². The number of aromatic amines is 1. The number of nitrogens with one attached hydrogen (secondary N) is 1. The van der Waals surface area contributed by atoms with Gasteiger partial charge in [0, 0.05) is 24.7 Å². The smallest absolute Gasteiger partial charge is 0.433 e. The van der Waals surface area contributed by atoms with Crippen molar-refractivity contribution >= 4 is 16.9 Å². The maximum atomic E-state index is 13.6. The highest BCUT2D eigenvalue weighted by molar-refractivity contribution is 5.78. The number of fused-ring (bicyclic) bond motifs is 1. The summed E-state index contributed by atoms with van der Waals surface area (Å²) in [5.74, 6) is -0.844. The van der Waals surface area contributed by atoms with Crippen molar-refractivity contribution in [2.24, 2.45) is 0 Å². The fraction of sp³-hybridized carbons (Fsp3) is 0.333. The van der Waals surface area contributed by atoms with Gasteiger partial charge in [-0.15, -0.1) is 0 Å². The van der Waals surface area contributed by atoms with E-state index in [9.17, 15) is 22.4 Å². The highest BCUT2D eigenvalue weighted by Crippen LogP contribution is 2.32. The van der Waals surface area contributed by atoms with Gasteiger partial charge in [0.15, 0.2) is 18.2 Å². The van der Waals surface area contributed by atoms with Gasteiger partial charge >= 0.3 is 6.18 Å². The Hall–Kier alpha value is -3.10. The fourth-order valence-electron chi connectivity index (χ4n) is 3.66. The lowest BCUT2D eigenvalue weighted by molar-refractivity contribution is -0.141. The van der Waals surface area contributed by atoms with Crippen molar-refractivity contribution in [2.45, 2.75) is 24.9 Å². The highest BCUT2D eigenvalue weighted by atomic mass is 19.4. The summed E-state index contributed by atoms with van der Waals surface area (Å²) in [5.41, 5.74) is 0.561. The average molecular weight is 421 g/mol. The van der Waals surface area contributed by atoms with Gasteiger partial charge in [0.2, 0.25) is 0 Å². The Bertz CT molecular complexity index is 1060. The Kier molecular flexibility index (Phi) is 5.36. The molecule has 0 aliphatic carbocycles. The highest BCUT2D eigenvalue weighted by Gasteiger charge is 2.33. The summed E-state index contributed by atoms with van der Waals surface area (Å²) in [5, 5.41) is 0. The first-order valence-corrected chi connectivity index (χ1v) is 9.53. The molecule has 1 N–H and O–H groups in total. The van der Waals surface area contributed by atoms with Crippen LogP contribution in [0.15, 0.2) is 42.5 Å². The second-order valence-corrected chi connectivity index (χ2v) is 7.25. The van der Waals surface area contributed by atoms with E-state index in [1.54, 1.807) is 17.0 Å². The second-order valence-electron chi connectivity index (χ2n) is 7.25. The van der Waals surface area contributed by atoms with Crippen LogP contribution < -0.4 is 4.74 Å². The summed E-state index contributed by atoms with van der Waals surface area (Å²) in [7, 11) is 0. The molecule has 4 rings (SSSR count). The van der Waals surface area contributed by atoms with E-state index in [-0.39, 0.29) is 29.7 Å². The van der Waals surface area contributed by atoms with Gasteiger partial charge < -0.3 is 14.6 Å². The minimum absolute atomic E-state index is 0.0153. The molecule has 158 valence electrons. The molecule has 30 heavy (non-hydrogen) atoms. The molecule has 2 aromatic heterocycles. The number of rotatable bonds is 4. The van der Waals surface area contributed by atoms with E-state index in [0.717, 1.165) is 24.6 Å². The third kappa shape index (κ3) is 4.24. The monoisotopic (exact) mass is 421 g/mol. The topological polar surface area (TPSA) is 58.2 Å². The molecule has 3 heterocycles. The van der Waals surface area contributed by atoms with E-state index in [2.05, 4.69) is 9.97 Å². The van der Waals surface area contributed by atoms with Crippen molar-refractivity contribution in [3.8, 4) is 5.75 Å². The number of benzene rings is 1. The van der Waals surface area contributed by atoms with Crippen LogP contribution in [0.1, 0.15) is 30.1 Å². The van der Waals surface area contributed by atoms with Gasteiger partial charge in [-0.25, -0.2) is 9.37 Å². The molecule has 1 saturated heterocycles. The van der Waals surface area contributed by atoms with Gasteiger partial charge in [-0.3, -0.25) is 4.79 Å². The summed E-state index contributed by atoms with van der Waals surface area (Å²) in [6.07, 6.45) is -2.97. The minimum Gasteiger partial charge on any atom is -0.481 e. The van der Waals surface area contributed by atoms with E-state index in [4.69, 9.17) is 4.74 Å². The summed E-state index contributed by atoms with van der Waals surface area (Å²) >= 11 is 0. The SMILES string of the molecule is O=C(COc1ccccc1F)N1CCC[C@H](c2cc3nc(C(F)(F)F)ccc3[nH]2)C1. The van der Waals surface area contributed by atoms with Gasteiger partial charge in [-0.1, -0.05) is 12.1 Å². The third-order valence-corrected chi connectivity index (χ3v) is 5.19. The number of piperidine rings is 1. The number of ether oxygens (including phenoxy) is 1. The Balaban J connectivity index is 1.44. The molecule has 5 nitrogen and oxygen atoms in total. The molecular formula is C21H19F4N3O2. The van der Waals surface area contributed by atoms with E-state index < -0.39 is 17.7 Å². The van der Waals surface area contributed by atoms with Gasteiger partial charge in [0.25, 0.3) is 5.91 Å². The van der Waals surface area contributed by atoms with Crippen molar-refractivity contribution in [1.29, 1.82) is 0 Å². The standard InChI is InChI=1S/C21H19F4N3O2/c22-14-5-1-2-6-18(14)30-12-20(29)28-9-3-4-13(11-28)16-10-17-15(26-16)7-8-19(27-17)21(23,24)25/h1-2,5-8,10,13,26H,3-4,9,11-12H2/t13-/m0/s1. The number of nitrogens with zero attached hydrogens (tertiary/aromatic N) is 2. The number of halogens is 4. The Labute approximate surface area is 169 Å². The first-order valence-electron chi connectivity index (χ1n) is 9.53. The summed E-state index contributed by atoms with van der Waals surface area (Å²) in [6.45, 7) is 0.669. The molecule has 1 aromatic carbocycles. The lowest BCUT2D eigenvalue weighted by Crippen LogP contribution is -2.41. The van der Waals surface area contributed by atoms with Gasteiger partial charge in [0.05, 0.1) is 11.0 Å². The Morgan fingerprint density at radius 2 is 2.03 bits per heavy atom. The number of hydrogen-bond acceptors (Lipinski definition) is 3. The van der Waals surface area contributed by atoms with Crippen LogP contribution in [0.25, 0.3) is 11.0 Å². The normalized spacial score (nSPS) is 17.3. The van der Waals surface area contributed by atoms with E-state index >= 15 is 0 Å². The van der Waals surface area contributed by atoms with Gasteiger partial charge in [-0.2, -0.15) is 13.2 Å². The minimum atomic E-state index is -4.50. The quantitative estimate of drug-likeness (QED) is 0.631. The molecule has 0 spiro atoms. The summed E-state index contributed by atoms with van der Waals surface area (Å²) in [4.78, 5) is 21.0. The van der Waals surface area contributed by atoms with Crippen LogP contribution >= 0.6 is 0 Å². The molecule has 1 amide bonds.